The normalized spacial score (nSPS) is 25.6. The Morgan fingerprint density at radius 2 is 1.92 bits per heavy atom. The SMILES string of the molecule is COCC1C=CN=C2O[C@H](COc3ccc(C4CCCCC4)cc3)CN21. The van der Waals surface area contributed by atoms with Crippen molar-refractivity contribution in [1.82, 2.24) is 4.90 Å². The number of benzene rings is 1. The molecule has 4 rings (SSSR count). The average Bonchev–Trinajstić information content (AvgIpc) is 3.12. The van der Waals surface area contributed by atoms with Crippen LogP contribution in [0.25, 0.3) is 0 Å². The van der Waals surface area contributed by atoms with E-state index in [1.54, 1.807) is 13.3 Å². The van der Waals surface area contributed by atoms with Crippen molar-refractivity contribution in [2.24, 2.45) is 4.99 Å². The predicted octanol–water partition coefficient (Wildman–Crippen LogP) is 3.71. The van der Waals surface area contributed by atoms with Crippen molar-refractivity contribution >= 4 is 6.02 Å². The minimum Gasteiger partial charge on any atom is -0.490 e. The molecule has 0 spiro atoms. The van der Waals surface area contributed by atoms with E-state index < -0.39 is 0 Å². The lowest BCUT2D eigenvalue weighted by Gasteiger charge is -2.26. The van der Waals surface area contributed by atoms with Crippen LogP contribution in [0.4, 0.5) is 0 Å². The van der Waals surface area contributed by atoms with E-state index in [2.05, 4.69) is 34.2 Å². The molecule has 1 saturated heterocycles. The van der Waals surface area contributed by atoms with Gasteiger partial charge >= 0.3 is 0 Å². The van der Waals surface area contributed by atoms with E-state index in [0.717, 1.165) is 18.2 Å². The first-order chi connectivity index (χ1) is 12.8. The average molecular weight is 356 g/mol. The third kappa shape index (κ3) is 3.88. The zero-order valence-electron chi connectivity index (χ0n) is 15.5. The Morgan fingerprint density at radius 1 is 1.12 bits per heavy atom. The molecule has 0 radical (unpaired) electrons. The third-order valence-electron chi connectivity index (χ3n) is 5.54. The first kappa shape index (κ1) is 17.4. The standard InChI is InChI=1S/C21H28N2O3/c1-24-14-18-11-12-22-21-23(18)13-20(26-21)15-25-19-9-7-17(8-10-19)16-5-3-2-4-6-16/h7-12,16,18,20H,2-6,13-15H2,1H3/t18?,20-/m0/s1. The van der Waals surface area contributed by atoms with Crippen LogP contribution in [0.2, 0.25) is 0 Å². The van der Waals surface area contributed by atoms with Gasteiger partial charge < -0.3 is 19.1 Å². The van der Waals surface area contributed by atoms with Gasteiger partial charge in [0, 0.05) is 13.3 Å². The first-order valence-corrected chi connectivity index (χ1v) is 9.73. The number of methoxy groups -OCH3 is 1. The molecule has 2 fully saturated rings. The molecule has 3 aliphatic rings. The van der Waals surface area contributed by atoms with Gasteiger partial charge in [0.25, 0.3) is 6.02 Å². The van der Waals surface area contributed by atoms with Crippen molar-refractivity contribution in [2.45, 2.75) is 50.2 Å². The van der Waals surface area contributed by atoms with Crippen LogP contribution in [-0.2, 0) is 9.47 Å². The van der Waals surface area contributed by atoms with Crippen LogP contribution in [0.5, 0.6) is 5.75 Å². The van der Waals surface area contributed by atoms with Crippen LogP contribution < -0.4 is 4.74 Å². The van der Waals surface area contributed by atoms with Crippen LogP contribution in [-0.4, -0.2) is 49.9 Å². The fourth-order valence-electron chi connectivity index (χ4n) is 4.11. The van der Waals surface area contributed by atoms with Crippen molar-refractivity contribution in [2.75, 3.05) is 26.9 Å². The summed E-state index contributed by atoms with van der Waals surface area (Å²) in [6, 6.07) is 9.51. The molecule has 1 aliphatic carbocycles. The van der Waals surface area contributed by atoms with Gasteiger partial charge in [-0.2, -0.15) is 0 Å². The Hall–Kier alpha value is -2.01. The van der Waals surface area contributed by atoms with Gasteiger partial charge in [0.2, 0.25) is 0 Å². The van der Waals surface area contributed by atoms with Gasteiger partial charge in [-0.3, -0.25) is 0 Å². The van der Waals surface area contributed by atoms with E-state index in [-0.39, 0.29) is 12.1 Å². The first-order valence-electron chi connectivity index (χ1n) is 9.73. The Balaban J connectivity index is 1.29. The van der Waals surface area contributed by atoms with Gasteiger partial charge in [0.15, 0.2) is 6.10 Å². The number of aliphatic imine (C=N–C) groups is 1. The van der Waals surface area contributed by atoms with Gasteiger partial charge in [0.1, 0.15) is 12.4 Å². The van der Waals surface area contributed by atoms with E-state index in [0.29, 0.717) is 19.2 Å². The molecule has 5 nitrogen and oxygen atoms in total. The minimum atomic E-state index is -0.00831. The molecule has 0 amide bonds. The fourth-order valence-corrected chi connectivity index (χ4v) is 4.11. The molecule has 2 heterocycles. The lowest BCUT2D eigenvalue weighted by molar-refractivity contribution is 0.138. The molecular formula is C21H28N2O3. The summed E-state index contributed by atoms with van der Waals surface area (Å²) >= 11 is 0. The summed E-state index contributed by atoms with van der Waals surface area (Å²) in [5.41, 5.74) is 1.45. The summed E-state index contributed by atoms with van der Waals surface area (Å²) < 4.78 is 17.2. The summed E-state index contributed by atoms with van der Waals surface area (Å²) in [7, 11) is 1.72. The zero-order chi connectivity index (χ0) is 17.8. The van der Waals surface area contributed by atoms with Crippen molar-refractivity contribution in [3.8, 4) is 5.75 Å². The number of nitrogens with zero attached hydrogens (tertiary/aromatic N) is 2. The second-order valence-corrected chi connectivity index (χ2v) is 7.38. The van der Waals surface area contributed by atoms with E-state index in [9.17, 15) is 0 Å². The highest BCUT2D eigenvalue weighted by Crippen LogP contribution is 2.33. The lowest BCUT2D eigenvalue weighted by atomic mass is 9.84. The molecule has 0 N–H and O–H groups in total. The largest absolute Gasteiger partial charge is 0.490 e. The molecule has 0 aromatic heterocycles. The van der Waals surface area contributed by atoms with Crippen molar-refractivity contribution in [3.63, 3.8) is 0 Å². The lowest BCUT2D eigenvalue weighted by Crippen LogP contribution is -2.40. The Kier molecular flexibility index (Phi) is 5.44. The summed E-state index contributed by atoms with van der Waals surface area (Å²) in [6.07, 6.45) is 10.6. The van der Waals surface area contributed by atoms with Gasteiger partial charge in [-0.15, -0.1) is 0 Å². The number of fused-ring (bicyclic) bond motifs is 1. The van der Waals surface area contributed by atoms with Gasteiger partial charge in [-0.25, -0.2) is 4.99 Å². The zero-order valence-corrected chi connectivity index (χ0v) is 15.5. The van der Waals surface area contributed by atoms with Crippen molar-refractivity contribution in [1.29, 1.82) is 0 Å². The third-order valence-corrected chi connectivity index (χ3v) is 5.54. The van der Waals surface area contributed by atoms with E-state index in [1.165, 1.54) is 37.7 Å². The predicted molar refractivity (Wildman–Crippen MR) is 102 cm³/mol. The van der Waals surface area contributed by atoms with Gasteiger partial charge in [0.05, 0.1) is 19.2 Å². The second kappa shape index (κ2) is 8.12. The van der Waals surface area contributed by atoms with Crippen molar-refractivity contribution in [3.05, 3.63) is 42.1 Å². The molecule has 2 atom stereocenters. The quantitative estimate of drug-likeness (QED) is 0.779. The molecule has 26 heavy (non-hydrogen) atoms. The Morgan fingerprint density at radius 3 is 2.69 bits per heavy atom. The van der Waals surface area contributed by atoms with Crippen LogP contribution in [0.3, 0.4) is 0 Å². The van der Waals surface area contributed by atoms with Crippen LogP contribution in [0.1, 0.15) is 43.6 Å². The van der Waals surface area contributed by atoms with E-state index in [1.807, 2.05) is 6.08 Å². The molecule has 2 aliphatic heterocycles. The van der Waals surface area contributed by atoms with Crippen LogP contribution in [0, 0.1) is 0 Å². The minimum absolute atomic E-state index is 0.00831. The van der Waals surface area contributed by atoms with Crippen molar-refractivity contribution < 1.29 is 14.2 Å². The molecule has 1 aromatic carbocycles. The van der Waals surface area contributed by atoms with E-state index >= 15 is 0 Å². The second-order valence-electron chi connectivity index (χ2n) is 7.38. The molecular weight excluding hydrogens is 328 g/mol. The highest BCUT2D eigenvalue weighted by atomic mass is 16.6. The topological polar surface area (TPSA) is 43.3 Å². The fraction of sp³-hybridized carbons (Fsp3) is 0.571. The monoisotopic (exact) mass is 356 g/mol. The summed E-state index contributed by atoms with van der Waals surface area (Å²) in [6.45, 7) is 1.93. The molecule has 1 aromatic rings. The number of amidine groups is 1. The summed E-state index contributed by atoms with van der Waals surface area (Å²) in [5.74, 6) is 1.64. The molecule has 0 bridgehead atoms. The maximum absolute atomic E-state index is 5.98. The number of ether oxygens (including phenoxy) is 3. The molecule has 1 saturated carbocycles. The van der Waals surface area contributed by atoms with Crippen LogP contribution in [0.15, 0.2) is 41.5 Å². The molecule has 1 unspecified atom stereocenters. The molecule has 5 heteroatoms. The Labute approximate surface area is 155 Å². The smallest absolute Gasteiger partial charge is 0.293 e. The van der Waals surface area contributed by atoms with E-state index in [4.69, 9.17) is 14.2 Å². The Bertz CT molecular complexity index is 650. The maximum atomic E-state index is 5.98. The highest BCUT2D eigenvalue weighted by Gasteiger charge is 2.35. The molecule has 140 valence electrons. The highest BCUT2D eigenvalue weighted by molar-refractivity contribution is 5.78. The van der Waals surface area contributed by atoms with Gasteiger partial charge in [-0.1, -0.05) is 31.4 Å². The summed E-state index contributed by atoms with van der Waals surface area (Å²) in [5, 5.41) is 0. The number of rotatable bonds is 6. The van der Waals surface area contributed by atoms with Crippen LogP contribution >= 0.6 is 0 Å². The number of hydrogen-bond acceptors (Lipinski definition) is 5. The maximum Gasteiger partial charge on any atom is 0.293 e. The number of hydrogen-bond donors (Lipinski definition) is 0. The summed E-state index contributed by atoms with van der Waals surface area (Å²) in [4.78, 5) is 6.46. The van der Waals surface area contributed by atoms with Gasteiger partial charge in [-0.05, 0) is 42.5 Å².